The van der Waals surface area contributed by atoms with Gasteiger partial charge in [-0.3, -0.25) is 9.59 Å². The Morgan fingerprint density at radius 1 is 1.33 bits per heavy atom. The van der Waals surface area contributed by atoms with Gasteiger partial charge in [-0.25, -0.2) is 0 Å². The minimum absolute atomic E-state index is 0.0725. The number of amides is 1. The predicted molar refractivity (Wildman–Crippen MR) is 79.2 cm³/mol. The fourth-order valence-corrected chi connectivity index (χ4v) is 2.38. The number of aromatic amines is 1. The molecule has 2 aromatic rings. The van der Waals surface area contributed by atoms with E-state index in [0.717, 1.165) is 3.57 Å². The van der Waals surface area contributed by atoms with E-state index in [2.05, 4.69) is 32.9 Å². The van der Waals surface area contributed by atoms with Crippen LogP contribution in [0.5, 0.6) is 0 Å². The number of carbonyl (C=O) groups is 1. The van der Waals surface area contributed by atoms with E-state index in [1.807, 2.05) is 0 Å². The van der Waals surface area contributed by atoms with Gasteiger partial charge < -0.3 is 10.3 Å². The van der Waals surface area contributed by atoms with E-state index in [1.54, 1.807) is 18.2 Å². The van der Waals surface area contributed by atoms with Gasteiger partial charge in [0.2, 0.25) is 0 Å². The van der Waals surface area contributed by atoms with Gasteiger partial charge in [0, 0.05) is 27.1 Å². The lowest BCUT2D eigenvalue weighted by atomic mass is 10.2. The van der Waals surface area contributed by atoms with E-state index >= 15 is 0 Å². The smallest absolute Gasteiger partial charge is 0.261 e. The number of hydrogen-bond donors (Lipinski definition) is 2. The number of hydrogen-bond acceptors (Lipinski definition) is 2. The third-order valence-corrected chi connectivity index (χ3v) is 3.38. The molecule has 0 bridgehead atoms. The second kappa shape index (κ2) is 5.53. The fourth-order valence-electron chi connectivity index (χ4n) is 1.37. The Bertz CT molecular complexity index is 655. The van der Waals surface area contributed by atoms with Gasteiger partial charge in [0.05, 0.1) is 5.69 Å². The standard InChI is InChI=1S/C12H8ClIN2O2/c13-7-1-2-10(9(14)5-7)16-12(18)8-6-15-4-3-11(8)17/h1-6H,(H,15,17)(H,16,18). The first kappa shape index (κ1) is 13.1. The highest BCUT2D eigenvalue weighted by atomic mass is 127. The van der Waals surface area contributed by atoms with Gasteiger partial charge in [0.15, 0.2) is 5.43 Å². The zero-order valence-electron chi connectivity index (χ0n) is 9.04. The third-order valence-electron chi connectivity index (χ3n) is 2.25. The lowest BCUT2D eigenvalue weighted by Gasteiger charge is -2.07. The first-order valence-electron chi connectivity index (χ1n) is 5.01. The Balaban J connectivity index is 2.27. The average molecular weight is 375 g/mol. The number of halogens is 2. The van der Waals surface area contributed by atoms with Gasteiger partial charge in [-0.15, -0.1) is 0 Å². The Kier molecular flexibility index (Phi) is 4.03. The van der Waals surface area contributed by atoms with Crippen molar-refractivity contribution in [2.24, 2.45) is 0 Å². The van der Waals surface area contributed by atoms with Gasteiger partial charge in [-0.1, -0.05) is 11.6 Å². The van der Waals surface area contributed by atoms with Crippen LogP contribution in [-0.2, 0) is 0 Å². The molecule has 0 radical (unpaired) electrons. The zero-order valence-corrected chi connectivity index (χ0v) is 11.9. The second-order valence-electron chi connectivity index (χ2n) is 3.50. The van der Waals surface area contributed by atoms with Crippen LogP contribution in [0, 0.1) is 3.57 Å². The SMILES string of the molecule is O=C(Nc1ccc(Cl)cc1I)c1c[nH]ccc1=O. The normalized spacial score (nSPS) is 10.1. The number of anilines is 1. The topological polar surface area (TPSA) is 62.0 Å². The molecule has 0 fully saturated rings. The molecule has 18 heavy (non-hydrogen) atoms. The minimum Gasteiger partial charge on any atom is -0.367 e. The predicted octanol–water partition coefficient (Wildman–Crippen LogP) is 2.89. The van der Waals surface area contributed by atoms with Crippen molar-refractivity contribution in [1.29, 1.82) is 0 Å². The lowest BCUT2D eigenvalue weighted by Crippen LogP contribution is -2.21. The van der Waals surface area contributed by atoms with Gasteiger partial charge in [-0.05, 0) is 40.8 Å². The van der Waals surface area contributed by atoms with Crippen LogP contribution in [0.3, 0.4) is 0 Å². The summed E-state index contributed by atoms with van der Waals surface area (Å²) in [6, 6.07) is 6.41. The van der Waals surface area contributed by atoms with Crippen LogP contribution in [0.25, 0.3) is 0 Å². The van der Waals surface area contributed by atoms with Crippen molar-refractivity contribution in [2.75, 3.05) is 5.32 Å². The summed E-state index contributed by atoms with van der Waals surface area (Å²) >= 11 is 7.89. The van der Waals surface area contributed by atoms with Crippen molar-refractivity contribution >= 4 is 45.8 Å². The first-order valence-corrected chi connectivity index (χ1v) is 6.47. The maximum absolute atomic E-state index is 11.9. The Morgan fingerprint density at radius 2 is 2.11 bits per heavy atom. The fraction of sp³-hybridized carbons (Fsp3) is 0. The molecular weight excluding hydrogens is 367 g/mol. The van der Waals surface area contributed by atoms with Crippen LogP contribution >= 0.6 is 34.2 Å². The van der Waals surface area contributed by atoms with Crippen molar-refractivity contribution in [3.8, 4) is 0 Å². The van der Waals surface area contributed by atoms with Crippen molar-refractivity contribution in [2.45, 2.75) is 0 Å². The summed E-state index contributed by atoms with van der Waals surface area (Å²) in [5.74, 6) is -0.447. The summed E-state index contributed by atoms with van der Waals surface area (Å²) in [6.45, 7) is 0. The number of benzene rings is 1. The maximum atomic E-state index is 11.9. The van der Waals surface area contributed by atoms with Crippen LogP contribution in [0.1, 0.15) is 10.4 Å². The van der Waals surface area contributed by atoms with Gasteiger partial charge >= 0.3 is 0 Å². The lowest BCUT2D eigenvalue weighted by molar-refractivity contribution is 0.102. The summed E-state index contributed by atoms with van der Waals surface area (Å²) in [4.78, 5) is 26.1. The zero-order chi connectivity index (χ0) is 13.1. The molecule has 0 aliphatic heterocycles. The largest absolute Gasteiger partial charge is 0.367 e. The second-order valence-corrected chi connectivity index (χ2v) is 5.10. The molecule has 0 spiro atoms. The van der Waals surface area contributed by atoms with Gasteiger partial charge in [-0.2, -0.15) is 0 Å². The highest BCUT2D eigenvalue weighted by Gasteiger charge is 2.11. The molecule has 2 rings (SSSR count). The molecule has 0 atom stereocenters. The Morgan fingerprint density at radius 3 is 2.78 bits per heavy atom. The van der Waals surface area contributed by atoms with Crippen molar-refractivity contribution in [3.63, 3.8) is 0 Å². The summed E-state index contributed by atoms with van der Waals surface area (Å²) in [7, 11) is 0. The average Bonchev–Trinajstić information content (AvgIpc) is 2.33. The van der Waals surface area contributed by atoms with Crippen LogP contribution in [0.2, 0.25) is 5.02 Å². The molecule has 0 aliphatic rings. The monoisotopic (exact) mass is 374 g/mol. The number of nitrogens with one attached hydrogen (secondary N) is 2. The van der Waals surface area contributed by atoms with Crippen molar-refractivity contribution in [1.82, 2.24) is 4.98 Å². The van der Waals surface area contributed by atoms with Gasteiger partial charge in [0.25, 0.3) is 5.91 Å². The van der Waals surface area contributed by atoms with E-state index in [1.165, 1.54) is 18.5 Å². The van der Waals surface area contributed by atoms with E-state index in [0.29, 0.717) is 10.7 Å². The number of H-pyrrole nitrogens is 1. The molecule has 0 aliphatic carbocycles. The molecule has 0 saturated heterocycles. The highest BCUT2D eigenvalue weighted by molar-refractivity contribution is 14.1. The van der Waals surface area contributed by atoms with Crippen LogP contribution < -0.4 is 10.7 Å². The molecule has 0 saturated carbocycles. The quantitative estimate of drug-likeness (QED) is 0.794. The van der Waals surface area contributed by atoms with Crippen LogP contribution in [0.4, 0.5) is 5.69 Å². The van der Waals surface area contributed by atoms with Crippen LogP contribution in [0.15, 0.2) is 41.5 Å². The highest BCUT2D eigenvalue weighted by Crippen LogP contribution is 2.22. The summed E-state index contributed by atoms with van der Waals surface area (Å²) < 4.78 is 0.806. The Hall–Kier alpha value is -1.34. The molecular formula is C12H8ClIN2O2. The van der Waals surface area contributed by atoms with Gasteiger partial charge in [0.1, 0.15) is 5.56 Å². The Labute approximate surface area is 122 Å². The third kappa shape index (κ3) is 2.91. The maximum Gasteiger partial charge on any atom is 0.261 e. The first-order chi connectivity index (χ1) is 8.58. The summed E-state index contributed by atoms with van der Waals surface area (Å²) in [6.07, 6.45) is 2.85. The minimum atomic E-state index is -0.447. The van der Waals surface area contributed by atoms with Crippen molar-refractivity contribution < 1.29 is 4.79 Å². The summed E-state index contributed by atoms with van der Waals surface area (Å²) in [5, 5.41) is 3.26. The van der Waals surface area contributed by atoms with E-state index in [-0.39, 0.29) is 11.0 Å². The molecule has 1 aromatic heterocycles. The van der Waals surface area contributed by atoms with E-state index < -0.39 is 5.91 Å². The molecule has 4 nitrogen and oxygen atoms in total. The molecule has 1 aromatic carbocycles. The molecule has 1 amide bonds. The number of aromatic nitrogens is 1. The molecule has 6 heteroatoms. The summed E-state index contributed by atoms with van der Waals surface area (Å²) in [5.41, 5.74) is 0.367. The molecule has 0 unspecified atom stereocenters. The van der Waals surface area contributed by atoms with Crippen molar-refractivity contribution in [3.05, 3.63) is 61.0 Å². The molecule has 2 N–H and O–H groups in total. The van der Waals surface area contributed by atoms with E-state index in [9.17, 15) is 9.59 Å². The van der Waals surface area contributed by atoms with E-state index in [4.69, 9.17) is 11.6 Å². The number of pyridine rings is 1. The molecule has 1 heterocycles. The van der Waals surface area contributed by atoms with Crippen LogP contribution in [-0.4, -0.2) is 10.9 Å². The molecule has 92 valence electrons. The number of carbonyl (C=O) groups excluding carboxylic acids is 1. The number of rotatable bonds is 2.